The monoisotopic (exact) mass is 188 g/mol. The number of aromatic nitrogens is 1. The van der Waals surface area contributed by atoms with Crippen LogP contribution in [0.5, 0.6) is 0 Å². The van der Waals surface area contributed by atoms with Crippen molar-refractivity contribution in [3.63, 3.8) is 0 Å². The average molecular weight is 189 g/mol. The Hall–Kier alpha value is -0.410. The number of pyridine rings is 1. The Morgan fingerprint density at radius 1 is 1.56 bits per heavy atom. The first kappa shape index (κ1) is 8.59. The molecule has 0 bridgehead atoms. The van der Waals surface area contributed by atoms with Gasteiger partial charge in [-0.05, 0) is 35.1 Å². The van der Waals surface area contributed by atoms with Crippen LogP contribution in [-0.2, 0) is 0 Å². The Morgan fingerprint density at radius 2 is 2.22 bits per heavy atom. The van der Waals surface area contributed by atoms with Crippen LogP contribution in [0.2, 0.25) is 0 Å². The van der Waals surface area contributed by atoms with E-state index in [9.17, 15) is 0 Å². The van der Waals surface area contributed by atoms with Crippen LogP contribution >= 0.6 is 15.9 Å². The topological polar surface area (TPSA) is 38.9 Å². The Morgan fingerprint density at radius 3 is 2.44 bits per heavy atom. The van der Waals surface area contributed by atoms with Crippen molar-refractivity contribution in [1.29, 1.82) is 0 Å². The molecule has 0 aliphatic rings. The minimum atomic E-state index is 1.02. The predicted molar refractivity (Wildman–Crippen MR) is 42.0 cm³/mol. The minimum Gasteiger partial charge on any atom is -0.333 e. The summed E-state index contributed by atoms with van der Waals surface area (Å²) in [4.78, 5) is 3.84. The average Bonchev–Trinajstić information content (AvgIpc) is 1.94. The van der Waals surface area contributed by atoms with Crippen molar-refractivity contribution in [3.05, 3.63) is 29.0 Å². The van der Waals surface area contributed by atoms with E-state index in [1.807, 2.05) is 12.1 Å². The summed E-state index contributed by atoms with van der Waals surface area (Å²) < 4.78 is 1.02. The zero-order valence-corrected chi connectivity index (χ0v) is 6.80. The van der Waals surface area contributed by atoms with Crippen LogP contribution in [0.3, 0.4) is 0 Å². The molecule has 0 radical (unpaired) electrons. The third-order valence-electron chi connectivity index (χ3n) is 0.625. The Labute approximate surface area is 63.2 Å². The largest absolute Gasteiger partial charge is 0.333 e. The lowest BCUT2D eigenvalue weighted by Gasteiger charge is -1.80. The highest BCUT2D eigenvalue weighted by atomic mass is 79.9. The quantitative estimate of drug-likeness (QED) is 0.670. The molecule has 0 unspecified atom stereocenters. The maximum Gasteiger partial charge on any atom is 0.0410 e. The molecule has 0 atom stereocenters. The molecule has 0 aliphatic carbocycles. The standard InChI is InChI=1S/C5H4BrN.CH5N/c6-5-2-1-3-7-4-5;1-2/h1-4H;2H2,1H3. The van der Waals surface area contributed by atoms with Gasteiger partial charge >= 0.3 is 0 Å². The molecule has 3 heteroatoms. The fourth-order valence-electron chi connectivity index (χ4n) is 0.342. The Kier molecular flexibility index (Phi) is 5.46. The maximum absolute atomic E-state index is 4.50. The lowest BCUT2D eigenvalue weighted by Crippen LogP contribution is -1.69. The Balaban J connectivity index is 0.000000291. The van der Waals surface area contributed by atoms with Gasteiger partial charge in [0.2, 0.25) is 0 Å². The maximum atomic E-state index is 4.50. The normalized spacial score (nSPS) is 7.44. The molecule has 1 rings (SSSR count). The van der Waals surface area contributed by atoms with Crippen molar-refractivity contribution in [3.8, 4) is 0 Å². The molecule has 0 fully saturated rings. The van der Waals surface area contributed by atoms with E-state index in [0.717, 1.165) is 4.47 Å². The van der Waals surface area contributed by atoms with E-state index in [0.29, 0.717) is 0 Å². The van der Waals surface area contributed by atoms with E-state index < -0.39 is 0 Å². The summed E-state index contributed by atoms with van der Waals surface area (Å²) in [6.07, 6.45) is 3.49. The third-order valence-corrected chi connectivity index (χ3v) is 1.09. The summed E-state index contributed by atoms with van der Waals surface area (Å²) >= 11 is 3.25. The van der Waals surface area contributed by atoms with Crippen molar-refractivity contribution in [2.75, 3.05) is 7.05 Å². The number of nitrogens with zero attached hydrogens (tertiary/aromatic N) is 1. The fourth-order valence-corrected chi connectivity index (χ4v) is 0.613. The zero-order chi connectivity index (χ0) is 7.11. The third kappa shape index (κ3) is 4.12. The predicted octanol–water partition coefficient (Wildman–Crippen LogP) is 1.42. The van der Waals surface area contributed by atoms with E-state index >= 15 is 0 Å². The Bertz CT molecular complexity index is 141. The van der Waals surface area contributed by atoms with Gasteiger partial charge in [0, 0.05) is 16.9 Å². The summed E-state index contributed by atoms with van der Waals surface area (Å²) in [7, 11) is 1.50. The smallest absolute Gasteiger partial charge is 0.0410 e. The van der Waals surface area contributed by atoms with Crippen LogP contribution in [0.15, 0.2) is 29.0 Å². The zero-order valence-electron chi connectivity index (χ0n) is 5.21. The first-order valence-electron chi connectivity index (χ1n) is 2.53. The van der Waals surface area contributed by atoms with Crippen LogP contribution in [0.25, 0.3) is 0 Å². The molecule has 0 aromatic carbocycles. The number of hydrogen-bond donors (Lipinski definition) is 1. The van der Waals surface area contributed by atoms with Crippen LogP contribution in [-0.4, -0.2) is 12.0 Å². The first-order valence-corrected chi connectivity index (χ1v) is 3.32. The second-order valence-corrected chi connectivity index (χ2v) is 2.09. The second kappa shape index (κ2) is 5.72. The summed E-state index contributed by atoms with van der Waals surface area (Å²) in [6.45, 7) is 0. The molecule has 1 aromatic heterocycles. The summed E-state index contributed by atoms with van der Waals surface area (Å²) in [5.74, 6) is 0. The van der Waals surface area contributed by atoms with Crippen LogP contribution in [0, 0.1) is 0 Å². The van der Waals surface area contributed by atoms with Gasteiger partial charge in [-0.2, -0.15) is 0 Å². The molecule has 0 saturated carbocycles. The van der Waals surface area contributed by atoms with Gasteiger partial charge in [0.15, 0.2) is 0 Å². The molecule has 0 saturated heterocycles. The van der Waals surface area contributed by atoms with Gasteiger partial charge in [-0.1, -0.05) is 0 Å². The molecule has 0 aliphatic heterocycles. The van der Waals surface area contributed by atoms with E-state index in [1.54, 1.807) is 12.4 Å². The molecular weight excluding hydrogens is 180 g/mol. The van der Waals surface area contributed by atoms with E-state index in [4.69, 9.17) is 0 Å². The summed E-state index contributed by atoms with van der Waals surface area (Å²) in [5.41, 5.74) is 4.50. The highest BCUT2D eigenvalue weighted by molar-refractivity contribution is 9.10. The molecule has 0 amide bonds. The van der Waals surface area contributed by atoms with Gasteiger partial charge in [-0.3, -0.25) is 4.98 Å². The lowest BCUT2D eigenvalue weighted by atomic mass is 10.5. The molecule has 1 heterocycles. The van der Waals surface area contributed by atoms with Crippen molar-refractivity contribution >= 4 is 15.9 Å². The van der Waals surface area contributed by atoms with Crippen molar-refractivity contribution in [1.82, 2.24) is 4.98 Å². The molecule has 2 N–H and O–H groups in total. The van der Waals surface area contributed by atoms with E-state index in [1.165, 1.54) is 7.05 Å². The summed E-state index contributed by atoms with van der Waals surface area (Å²) in [5, 5.41) is 0. The van der Waals surface area contributed by atoms with E-state index in [2.05, 4.69) is 26.6 Å². The van der Waals surface area contributed by atoms with Gasteiger partial charge < -0.3 is 5.73 Å². The van der Waals surface area contributed by atoms with Crippen LogP contribution in [0.4, 0.5) is 0 Å². The van der Waals surface area contributed by atoms with E-state index in [-0.39, 0.29) is 0 Å². The highest BCUT2D eigenvalue weighted by Crippen LogP contribution is 2.02. The summed E-state index contributed by atoms with van der Waals surface area (Å²) in [6, 6.07) is 3.82. The van der Waals surface area contributed by atoms with Gasteiger partial charge in [0.25, 0.3) is 0 Å². The number of rotatable bonds is 0. The van der Waals surface area contributed by atoms with Gasteiger partial charge in [0.05, 0.1) is 0 Å². The van der Waals surface area contributed by atoms with Crippen LogP contribution < -0.4 is 5.73 Å². The van der Waals surface area contributed by atoms with Gasteiger partial charge in [0.1, 0.15) is 0 Å². The number of halogens is 1. The molecule has 9 heavy (non-hydrogen) atoms. The number of hydrogen-bond acceptors (Lipinski definition) is 2. The molecule has 2 nitrogen and oxygen atoms in total. The second-order valence-electron chi connectivity index (χ2n) is 1.17. The van der Waals surface area contributed by atoms with Gasteiger partial charge in [-0.25, -0.2) is 0 Å². The molecule has 1 aromatic rings. The van der Waals surface area contributed by atoms with Gasteiger partial charge in [-0.15, -0.1) is 0 Å². The highest BCUT2D eigenvalue weighted by Gasteiger charge is 1.75. The SMILES string of the molecule is Brc1cccnc1.CN. The fraction of sp³-hybridized carbons (Fsp3) is 0.167. The first-order chi connectivity index (χ1) is 4.39. The van der Waals surface area contributed by atoms with Crippen LogP contribution in [0.1, 0.15) is 0 Å². The van der Waals surface area contributed by atoms with Crippen molar-refractivity contribution < 1.29 is 0 Å². The minimum absolute atomic E-state index is 1.02. The van der Waals surface area contributed by atoms with Crippen molar-refractivity contribution in [2.45, 2.75) is 0 Å². The lowest BCUT2D eigenvalue weighted by molar-refractivity contribution is 1.31. The van der Waals surface area contributed by atoms with Crippen molar-refractivity contribution in [2.24, 2.45) is 5.73 Å². The molecular formula is C6H9BrN2. The molecule has 50 valence electrons. The molecule has 0 spiro atoms. The number of nitrogens with two attached hydrogens (primary N) is 1.